The zero-order chi connectivity index (χ0) is 20.9. The van der Waals surface area contributed by atoms with Crippen LogP contribution in [0.1, 0.15) is 37.7 Å². The molecule has 0 aliphatic carbocycles. The van der Waals surface area contributed by atoms with Gasteiger partial charge in [0.25, 0.3) is 0 Å². The van der Waals surface area contributed by atoms with Gasteiger partial charge in [0.2, 0.25) is 15.9 Å². The molecule has 2 aromatic carbocycles. The molecule has 0 unspecified atom stereocenters. The van der Waals surface area contributed by atoms with Gasteiger partial charge >= 0.3 is 0 Å². The maximum absolute atomic E-state index is 12.8. The van der Waals surface area contributed by atoms with Crippen molar-refractivity contribution in [2.24, 2.45) is 0 Å². The summed E-state index contributed by atoms with van der Waals surface area (Å²) in [7, 11) is -3.49. The molecule has 29 heavy (non-hydrogen) atoms. The Bertz CT molecular complexity index is 954. The normalized spacial score (nSPS) is 15.7. The van der Waals surface area contributed by atoms with E-state index in [1.807, 2.05) is 6.07 Å². The summed E-state index contributed by atoms with van der Waals surface area (Å²) < 4.78 is 27.2. The van der Waals surface area contributed by atoms with Crippen LogP contribution < -0.4 is 5.32 Å². The van der Waals surface area contributed by atoms with Crippen LogP contribution in [0.4, 0.5) is 5.69 Å². The number of nitrogens with zero attached hydrogens (tertiary/aromatic N) is 1. The van der Waals surface area contributed by atoms with Crippen LogP contribution in [-0.2, 0) is 21.2 Å². The molecule has 5 nitrogen and oxygen atoms in total. The average Bonchev–Trinajstić information content (AvgIpc) is 2.99. The number of hydrogen-bond donors (Lipinski definition) is 1. The van der Waals surface area contributed by atoms with Crippen LogP contribution in [-0.4, -0.2) is 31.7 Å². The standard InChI is InChI=1S/C21H24Cl2N2O3S/c22-19-11-5-16(15-20(19)23)6-12-21(26)24-17-7-9-18(10-8-17)29(27,28)25-13-3-1-2-4-14-25/h5,7-11,15H,1-4,6,12-14H2,(H,24,26). The highest BCUT2D eigenvalue weighted by Gasteiger charge is 2.24. The van der Waals surface area contributed by atoms with E-state index in [-0.39, 0.29) is 17.2 Å². The van der Waals surface area contributed by atoms with E-state index in [1.54, 1.807) is 40.7 Å². The van der Waals surface area contributed by atoms with Crippen LogP contribution in [0.15, 0.2) is 47.4 Å². The van der Waals surface area contributed by atoms with Crippen LogP contribution in [0.2, 0.25) is 10.0 Å². The molecule has 0 atom stereocenters. The molecular weight excluding hydrogens is 431 g/mol. The maximum Gasteiger partial charge on any atom is 0.243 e. The number of anilines is 1. The Hall–Kier alpha value is -1.60. The van der Waals surface area contributed by atoms with Crippen molar-refractivity contribution < 1.29 is 13.2 Å². The number of carbonyl (C=O) groups excluding carboxylic acids is 1. The van der Waals surface area contributed by atoms with Crippen molar-refractivity contribution in [1.82, 2.24) is 4.31 Å². The summed E-state index contributed by atoms with van der Waals surface area (Å²) in [6, 6.07) is 11.7. The summed E-state index contributed by atoms with van der Waals surface area (Å²) in [6.45, 7) is 1.13. The number of benzene rings is 2. The molecule has 0 saturated carbocycles. The van der Waals surface area contributed by atoms with E-state index in [4.69, 9.17) is 23.2 Å². The Balaban J connectivity index is 1.58. The van der Waals surface area contributed by atoms with Crippen LogP contribution in [0.3, 0.4) is 0 Å². The zero-order valence-electron chi connectivity index (χ0n) is 16.0. The minimum Gasteiger partial charge on any atom is -0.326 e. The predicted octanol–water partition coefficient (Wildman–Crippen LogP) is 5.13. The van der Waals surface area contributed by atoms with E-state index < -0.39 is 10.0 Å². The topological polar surface area (TPSA) is 66.5 Å². The summed E-state index contributed by atoms with van der Waals surface area (Å²) in [5, 5.41) is 3.75. The molecule has 1 N–H and O–H groups in total. The molecule has 0 aromatic heterocycles. The number of rotatable bonds is 6. The zero-order valence-corrected chi connectivity index (χ0v) is 18.4. The largest absolute Gasteiger partial charge is 0.326 e. The highest BCUT2D eigenvalue weighted by Crippen LogP contribution is 2.24. The Morgan fingerprint density at radius 1 is 0.931 bits per heavy atom. The van der Waals surface area contributed by atoms with E-state index in [0.29, 0.717) is 35.2 Å². The summed E-state index contributed by atoms with van der Waals surface area (Å²) >= 11 is 11.9. The monoisotopic (exact) mass is 454 g/mol. The Labute approximate surface area is 182 Å². The smallest absolute Gasteiger partial charge is 0.243 e. The molecule has 0 radical (unpaired) electrons. The third-order valence-electron chi connectivity index (χ3n) is 4.97. The summed E-state index contributed by atoms with van der Waals surface area (Å²) in [4.78, 5) is 12.5. The van der Waals surface area contributed by atoms with Gasteiger partial charge in [-0.15, -0.1) is 0 Å². The van der Waals surface area contributed by atoms with Gasteiger partial charge in [-0.2, -0.15) is 4.31 Å². The first-order chi connectivity index (χ1) is 13.9. The first-order valence-electron chi connectivity index (χ1n) is 9.70. The molecule has 1 aliphatic heterocycles. The fourth-order valence-corrected chi connectivity index (χ4v) is 5.16. The van der Waals surface area contributed by atoms with Gasteiger partial charge in [0, 0.05) is 25.2 Å². The molecule has 1 amide bonds. The number of halogens is 2. The van der Waals surface area contributed by atoms with Crippen molar-refractivity contribution in [3.63, 3.8) is 0 Å². The van der Waals surface area contributed by atoms with Crippen molar-refractivity contribution in [2.45, 2.75) is 43.4 Å². The SMILES string of the molecule is O=C(CCc1ccc(Cl)c(Cl)c1)Nc1ccc(S(=O)(=O)N2CCCCCC2)cc1. The van der Waals surface area contributed by atoms with E-state index in [0.717, 1.165) is 31.2 Å². The molecule has 1 saturated heterocycles. The second-order valence-corrected chi connectivity index (χ2v) is 9.89. The van der Waals surface area contributed by atoms with Gasteiger partial charge in [-0.1, -0.05) is 42.1 Å². The average molecular weight is 455 g/mol. The van der Waals surface area contributed by atoms with Crippen molar-refractivity contribution in [1.29, 1.82) is 0 Å². The molecule has 2 aromatic rings. The van der Waals surface area contributed by atoms with Gasteiger partial charge in [-0.3, -0.25) is 4.79 Å². The summed E-state index contributed by atoms with van der Waals surface area (Å²) in [6.07, 6.45) is 4.74. The van der Waals surface area contributed by atoms with Crippen LogP contribution in [0.25, 0.3) is 0 Å². The minimum atomic E-state index is -3.49. The predicted molar refractivity (Wildman–Crippen MR) is 117 cm³/mol. The van der Waals surface area contributed by atoms with Crippen LogP contribution in [0.5, 0.6) is 0 Å². The van der Waals surface area contributed by atoms with Gasteiger partial charge in [-0.25, -0.2) is 8.42 Å². The van der Waals surface area contributed by atoms with Gasteiger partial charge < -0.3 is 5.32 Å². The molecule has 0 spiro atoms. The van der Waals surface area contributed by atoms with E-state index in [9.17, 15) is 13.2 Å². The van der Waals surface area contributed by atoms with Crippen molar-refractivity contribution in [2.75, 3.05) is 18.4 Å². The molecule has 0 bridgehead atoms. The molecular formula is C21H24Cl2N2O3S. The third-order valence-corrected chi connectivity index (χ3v) is 7.62. The molecule has 1 fully saturated rings. The number of carbonyl (C=O) groups is 1. The fraction of sp³-hybridized carbons (Fsp3) is 0.381. The Morgan fingerprint density at radius 3 is 2.21 bits per heavy atom. The quantitative estimate of drug-likeness (QED) is 0.657. The van der Waals surface area contributed by atoms with Crippen LogP contribution >= 0.6 is 23.2 Å². The van der Waals surface area contributed by atoms with Gasteiger partial charge in [0.05, 0.1) is 14.9 Å². The molecule has 156 valence electrons. The number of hydrogen-bond acceptors (Lipinski definition) is 3. The lowest BCUT2D eigenvalue weighted by Crippen LogP contribution is -2.31. The minimum absolute atomic E-state index is 0.154. The van der Waals surface area contributed by atoms with E-state index in [2.05, 4.69) is 5.32 Å². The highest BCUT2D eigenvalue weighted by atomic mass is 35.5. The molecule has 1 heterocycles. The second kappa shape index (κ2) is 9.94. The molecule has 3 rings (SSSR count). The highest BCUT2D eigenvalue weighted by molar-refractivity contribution is 7.89. The first kappa shape index (κ1) is 22.1. The number of amides is 1. The Morgan fingerprint density at radius 2 is 1.59 bits per heavy atom. The second-order valence-electron chi connectivity index (χ2n) is 7.14. The van der Waals surface area contributed by atoms with E-state index in [1.165, 1.54) is 0 Å². The van der Waals surface area contributed by atoms with Crippen LogP contribution in [0, 0.1) is 0 Å². The van der Waals surface area contributed by atoms with Gasteiger partial charge in [0.15, 0.2) is 0 Å². The maximum atomic E-state index is 12.8. The third kappa shape index (κ3) is 5.95. The first-order valence-corrected chi connectivity index (χ1v) is 11.9. The molecule has 1 aliphatic rings. The van der Waals surface area contributed by atoms with Gasteiger partial charge in [0.1, 0.15) is 0 Å². The van der Waals surface area contributed by atoms with Gasteiger partial charge in [-0.05, 0) is 61.2 Å². The fourth-order valence-electron chi connectivity index (χ4n) is 3.32. The number of sulfonamides is 1. The molecule has 8 heteroatoms. The summed E-state index contributed by atoms with van der Waals surface area (Å²) in [5.74, 6) is -0.154. The summed E-state index contributed by atoms with van der Waals surface area (Å²) in [5.41, 5.74) is 1.49. The Kier molecular flexibility index (Phi) is 7.57. The number of nitrogens with one attached hydrogen (secondary N) is 1. The van der Waals surface area contributed by atoms with Crippen molar-refractivity contribution in [3.05, 3.63) is 58.1 Å². The lowest BCUT2D eigenvalue weighted by atomic mass is 10.1. The lowest BCUT2D eigenvalue weighted by molar-refractivity contribution is -0.116. The number of aryl methyl sites for hydroxylation is 1. The van der Waals surface area contributed by atoms with Crippen molar-refractivity contribution in [3.8, 4) is 0 Å². The van der Waals surface area contributed by atoms with E-state index >= 15 is 0 Å². The lowest BCUT2D eigenvalue weighted by Gasteiger charge is -2.20. The van der Waals surface area contributed by atoms with Crippen molar-refractivity contribution >= 4 is 44.8 Å².